The fraction of sp³-hybridized carbons (Fsp3) is 0.500. The molecule has 148 valence electrons. The highest BCUT2D eigenvalue weighted by molar-refractivity contribution is 6.07. The van der Waals surface area contributed by atoms with Crippen molar-refractivity contribution >= 4 is 23.5 Å². The molecule has 0 atom stereocenters. The van der Waals surface area contributed by atoms with Crippen molar-refractivity contribution in [2.45, 2.75) is 45.6 Å². The van der Waals surface area contributed by atoms with Crippen molar-refractivity contribution in [3.05, 3.63) is 39.9 Å². The number of hydrogen-bond acceptors (Lipinski definition) is 7. The first-order valence-electron chi connectivity index (χ1n) is 8.63. The lowest BCUT2D eigenvalue weighted by Crippen LogP contribution is -2.61. The van der Waals surface area contributed by atoms with Crippen molar-refractivity contribution in [3.8, 4) is 0 Å². The molecule has 0 fully saturated rings. The molecule has 27 heavy (non-hydrogen) atoms. The van der Waals surface area contributed by atoms with Crippen molar-refractivity contribution in [2.75, 3.05) is 13.2 Å². The quantitative estimate of drug-likeness (QED) is 0.284. The predicted molar refractivity (Wildman–Crippen MR) is 95.8 cm³/mol. The number of benzene rings is 1. The molecule has 0 radical (unpaired) electrons. The Morgan fingerprint density at radius 3 is 2.00 bits per heavy atom. The summed E-state index contributed by atoms with van der Waals surface area (Å²) in [7, 11) is 0. The lowest BCUT2D eigenvalue weighted by molar-refractivity contribution is -0.384. The van der Waals surface area contributed by atoms with Gasteiger partial charge in [0.15, 0.2) is 0 Å². The van der Waals surface area contributed by atoms with E-state index in [1.165, 1.54) is 19.1 Å². The van der Waals surface area contributed by atoms with Crippen LogP contribution in [0.15, 0.2) is 24.3 Å². The fourth-order valence-electron chi connectivity index (χ4n) is 2.60. The summed E-state index contributed by atoms with van der Waals surface area (Å²) in [6, 6.07) is 5.97. The summed E-state index contributed by atoms with van der Waals surface area (Å²) in [5.41, 5.74) is -1.15. The number of nitrogens with zero attached hydrogens (tertiary/aromatic N) is 1. The van der Waals surface area contributed by atoms with E-state index in [0.29, 0.717) is 12.8 Å². The van der Waals surface area contributed by atoms with E-state index in [1.807, 2.05) is 0 Å². The van der Waals surface area contributed by atoms with E-state index in [1.54, 1.807) is 26.0 Å². The summed E-state index contributed by atoms with van der Waals surface area (Å²) < 4.78 is 9.98. The number of hydrogen-bond donors (Lipinski definition) is 1. The van der Waals surface area contributed by atoms with Crippen LogP contribution in [-0.2, 0) is 30.3 Å². The molecule has 9 heteroatoms. The van der Waals surface area contributed by atoms with Gasteiger partial charge in [-0.3, -0.25) is 14.9 Å². The Balaban J connectivity index is 2.97. The fourth-order valence-corrected chi connectivity index (χ4v) is 2.60. The van der Waals surface area contributed by atoms with Crippen LogP contribution < -0.4 is 5.32 Å². The number of ether oxygens (including phenoxy) is 2. The van der Waals surface area contributed by atoms with Gasteiger partial charge in [0.25, 0.3) is 5.69 Å². The standard InChI is InChI=1S/C18H24N2O7/c1-4-26-16(22)18(19-13(3)21,17(23)27-5-2)12-6-7-14-8-10-15(11-9-14)20(24)25/h8-11H,4-7,12H2,1-3H3,(H,19,21). The van der Waals surface area contributed by atoms with E-state index in [9.17, 15) is 24.5 Å². The predicted octanol–water partition coefficient (Wildman–Crippen LogP) is 1.92. The number of non-ortho nitro benzene ring substituents is 1. The molecule has 0 aliphatic heterocycles. The normalized spacial score (nSPS) is 10.8. The summed E-state index contributed by atoms with van der Waals surface area (Å²) in [6.45, 7) is 4.48. The van der Waals surface area contributed by atoms with Crippen LogP contribution in [0.4, 0.5) is 5.69 Å². The maximum atomic E-state index is 12.5. The Morgan fingerprint density at radius 2 is 1.59 bits per heavy atom. The molecule has 0 aliphatic rings. The van der Waals surface area contributed by atoms with Crippen LogP contribution >= 0.6 is 0 Å². The molecule has 0 saturated carbocycles. The van der Waals surface area contributed by atoms with Crippen LogP contribution in [0.2, 0.25) is 0 Å². The number of esters is 2. The van der Waals surface area contributed by atoms with Crippen LogP contribution in [0.25, 0.3) is 0 Å². The molecule has 0 bridgehead atoms. The van der Waals surface area contributed by atoms with E-state index in [-0.39, 0.29) is 25.3 Å². The van der Waals surface area contributed by atoms with E-state index in [4.69, 9.17) is 9.47 Å². The van der Waals surface area contributed by atoms with Crippen molar-refractivity contribution in [3.63, 3.8) is 0 Å². The van der Waals surface area contributed by atoms with Crippen molar-refractivity contribution < 1.29 is 28.8 Å². The zero-order valence-corrected chi connectivity index (χ0v) is 15.6. The van der Waals surface area contributed by atoms with Gasteiger partial charge in [-0.15, -0.1) is 0 Å². The topological polar surface area (TPSA) is 125 Å². The monoisotopic (exact) mass is 380 g/mol. The lowest BCUT2D eigenvalue weighted by Gasteiger charge is -2.29. The SMILES string of the molecule is CCOC(=O)C(CCCc1ccc([N+](=O)[O-])cc1)(NC(C)=O)C(=O)OCC. The van der Waals surface area contributed by atoms with Crippen LogP contribution in [-0.4, -0.2) is 41.5 Å². The van der Waals surface area contributed by atoms with Gasteiger partial charge < -0.3 is 14.8 Å². The summed E-state index contributed by atoms with van der Waals surface area (Å²) >= 11 is 0. The third-order valence-electron chi connectivity index (χ3n) is 3.80. The molecular weight excluding hydrogens is 356 g/mol. The smallest absolute Gasteiger partial charge is 0.343 e. The Hall–Kier alpha value is -2.97. The number of aryl methyl sites for hydroxylation is 1. The third kappa shape index (κ3) is 6.05. The van der Waals surface area contributed by atoms with Gasteiger partial charge in [0.2, 0.25) is 11.4 Å². The molecule has 1 aromatic carbocycles. The average molecular weight is 380 g/mol. The first-order chi connectivity index (χ1) is 12.8. The number of nitrogens with one attached hydrogen (secondary N) is 1. The molecular formula is C18H24N2O7. The third-order valence-corrected chi connectivity index (χ3v) is 3.80. The molecule has 1 amide bonds. The maximum absolute atomic E-state index is 12.5. The highest BCUT2D eigenvalue weighted by Crippen LogP contribution is 2.21. The molecule has 0 heterocycles. The highest BCUT2D eigenvalue weighted by atomic mass is 16.6. The Kier molecular flexibility index (Phi) is 8.37. The summed E-state index contributed by atoms with van der Waals surface area (Å²) in [5, 5.41) is 13.1. The van der Waals surface area contributed by atoms with Crippen molar-refractivity contribution in [1.29, 1.82) is 0 Å². The number of nitro groups is 1. The lowest BCUT2D eigenvalue weighted by atomic mass is 9.91. The minimum Gasteiger partial charge on any atom is -0.464 e. The first-order valence-corrected chi connectivity index (χ1v) is 8.63. The zero-order valence-electron chi connectivity index (χ0n) is 15.6. The van der Waals surface area contributed by atoms with Gasteiger partial charge in [-0.2, -0.15) is 0 Å². The van der Waals surface area contributed by atoms with Gasteiger partial charge in [-0.25, -0.2) is 9.59 Å². The summed E-state index contributed by atoms with van der Waals surface area (Å²) in [4.78, 5) is 46.8. The molecule has 0 saturated heterocycles. The number of carbonyl (C=O) groups is 3. The van der Waals surface area contributed by atoms with Crippen LogP contribution in [0.3, 0.4) is 0 Å². The second-order valence-electron chi connectivity index (χ2n) is 5.80. The largest absolute Gasteiger partial charge is 0.464 e. The molecule has 0 unspecified atom stereocenters. The van der Waals surface area contributed by atoms with Crippen molar-refractivity contribution in [2.24, 2.45) is 0 Å². The van der Waals surface area contributed by atoms with Gasteiger partial charge in [0.1, 0.15) is 0 Å². The Bertz CT molecular complexity index is 667. The summed E-state index contributed by atoms with van der Waals surface area (Å²) in [6.07, 6.45) is 0.759. The Labute approximate surface area is 157 Å². The summed E-state index contributed by atoms with van der Waals surface area (Å²) in [5.74, 6) is -2.31. The zero-order chi connectivity index (χ0) is 20.4. The minimum absolute atomic E-state index is 0.0237. The van der Waals surface area contributed by atoms with Gasteiger partial charge in [-0.05, 0) is 38.7 Å². The molecule has 1 aromatic rings. The maximum Gasteiger partial charge on any atom is 0.343 e. The first kappa shape index (κ1) is 22.1. The number of amides is 1. The van der Waals surface area contributed by atoms with Crippen LogP contribution in [0, 0.1) is 10.1 Å². The average Bonchev–Trinajstić information content (AvgIpc) is 2.61. The molecule has 0 aromatic heterocycles. The second-order valence-corrected chi connectivity index (χ2v) is 5.80. The van der Waals surface area contributed by atoms with Gasteiger partial charge in [0, 0.05) is 19.1 Å². The minimum atomic E-state index is -1.92. The van der Waals surface area contributed by atoms with Gasteiger partial charge in [0.05, 0.1) is 18.1 Å². The van der Waals surface area contributed by atoms with Crippen LogP contribution in [0.1, 0.15) is 39.2 Å². The number of nitro benzene ring substituents is 1. The molecule has 1 rings (SSSR count). The van der Waals surface area contributed by atoms with E-state index < -0.39 is 28.3 Å². The molecule has 1 N–H and O–H groups in total. The van der Waals surface area contributed by atoms with Crippen LogP contribution in [0.5, 0.6) is 0 Å². The molecule has 0 aliphatic carbocycles. The second kappa shape index (κ2) is 10.2. The highest BCUT2D eigenvalue weighted by Gasteiger charge is 2.49. The number of rotatable bonds is 10. The molecule has 9 nitrogen and oxygen atoms in total. The van der Waals surface area contributed by atoms with E-state index in [0.717, 1.165) is 5.56 Å². The van der Waals surface area contributed by atoms with E-state index in [2.05, 4.69) is 5.32 Å². The van der Waals surface area contributed by atoms with Gasteiger partial charge in [-0.1, -0.05) is 12.1 Å². The van der Waals surface area contributed by atoms with E-state index >= 15 is 0 Å². The van der Waals surface area contributed by atoms with Gasteiger partial charge >= 0.3 is 11.9 Å². The number of carbonyl (C=O) groups excluding carboxylic acids is 3. The molecule has 0 spiro atoms. The Morgan fingerprint density at radius 1 is 1.07 bits per heavy atom. The van der Waals surface area contributed by atoms with Crippen molar-refractivity contribution in [1.82, 2.24) is 5.32 Å².